The first kappa shape index (κ1) is 12.8. The first-order valence-corrected chi connectivity index (χ1v) is 6.63. The van der Waals surface area contributed by atoms with E-state index in [-0.39, 0.29) is 0 Å². The summed E-state index contributed by atoms with van der Waals surface area (Å²) in [4.78, 5) is 3.95. The molecule has 2 rings (SSSR count). The van der Waals surface area contributed by atoms with Crippen LogP contribution >= 0.6 is 11.6 Å². The molecule has 0 radical (unpaired) electrons. The topological polar surface area (TPSA) is 34.1 Å². The van der Waals surface area contributed by atoms with Gasteiger partial charge in [0.2, 0.25) is 0 Å². The van der Waals surface area contributed by atoms with E-state index in [0.717, 1.165) is 25.1 Å². The number of halogens is 1. The Kier molecular flexibility index (Phi) is 5.23. The zero-order valence-electron chi connectivity index (χ0n) is 9.99. The van der Waals surface area contributed by atoms with E-state index in [1.807, 2.05) is 6.07 Å². The number of pyridine rings is 1. The van der Waals surface area contributed by atoms with Crippen LogP contribution in [-0.2, 0) is 11.3 Å². The van der Waals surface area contributed by atoms with Crippen LogP contribution in [0.5, 0.6) is 0 Å². The summed E-state index contributed by atoms with van der Waals surface area (Å²) in [6, 6.07) is 2.54. The summed E-state index contributed by atoms with van der Waals surface area (Å²) in [6.45, 7) is 2.52. The lowest BCUT2D eigenvalue weighted by Gasteiger charge is -2.23. The summed E-state index contributed by atoms with van der Waals surface area (Å²) in [6.07, 6.45) is 8.41. The minimum absolute atomic E-state index is 0.577. The van der Waals surface area contributed by atoms with Crippen LogP contribution in [0.4, 0.5) is 0 Å². The van der Waals surface area contributed by atoms with Gasteiger partial charge in [-0.3, -0.25) is 4.98 Å². The summed E-state index contributed by atoms with van der Waals surface area (Å²) in [7, 11) is 0. The molecule has 1 aromatic rings. The zero-order chi connectivity index (χ0) is 11.9. The standard InChI is InChI=1S/C13H19ClN2O/c14-13-9-15-7-4-11(13)10-17-8-5-12-3-1-2-6-16-12/h4,7,9,12,16H,1-3,5-6,8,10H2. The van der Waals surface area contributed by atoms with Crippen molar-refractivity contribution in [2.24, 2.45) is 0 Å². The Morgan fingerprint density at radius 3 is 3.18 bits per heavy atom. The Morgan fingerprint density at radius 1 is 1.47 bits per heavy atom. The van der Waals surface area contributed by atoms with Gasteiger partial charge in [0.1, 0.15) is 0 Å². The molecule has 0 spiro atoms. The number of aromatic nitrogens is 1. The predicted molar refractivity (Wildman–Crippen MR) is 69.2 cm³/mol. The van der Waals surface area contributed by atoms with E-state index >= 15 is 0 Å². The number of hydrogen-bond acceptors (Lipinski definition) is 3. The molecule has 1 N–H and O–H groups in total. The molecule has 1 fully saturated rings. The van der Waals surface area contributed by atoms with Crippen molar-refractivity contribution < 1.29 is 4.74 Å². The number of rotatable bonds is 5. The molecule has 17 heavy (non-hydrogen) atoms. The Labute approximate surface area is 108 Å². The highest BCUT2D eigenvalue weighted by Crippen LogP contribution is 2.15. The van der Waals surface area contributed by atoms with Gasteiger partial charge in [0.05, 0.1) is 11.6 Å². The minimum atomic E-state index is 0.577. The largest absolute Gasteiger partial charge is 0.377 e. The molecule has 0 aromatic carbocycles. The summed E-state index contributed by atoms with van der Waals surface area (Å²) in [5.74, 6) is 0. The van der Waals surface area contributed by atoms with Crippen LogP contribution in [0.3, 0.4) is 0 Å². The Morgan fingerprint density at radius 2 is 2.41 bits per heavy atom. The van der Waals surface area contributed by atoms with Crippen LogP contribution < -0.4 is 5.32 Å². The van der Waals surface area contributed by atoms with Crippen LogP contribution in [-0.4, -0.2) is 24.2 Å². The van der Waals surface area contributed by atoms with Gasteiger partial charge in [0.25, 0.3) is 0 Å². The van der Waals surface area contributed by atoms with Crippen molar-refractivity contribution in [3.8, 4) is 0 Å². The lowest BCUT2D eigenvalue weighted by Crippen LogP contribution is -2.34. The monoisotopic (exact) mass is 254 g/mol. The zero-order valence-corrected chi connectivity index (χ0v) is 10.7. The van der Waals surface area contributed by atoms with E-state index in [1.165, 1.54) is 19.3 Å². The van der Waals surface area contributed by atoms with Crippen LogP contribution in [0.1, 0.15) is 31.2 Å². The maximum atomic E-state index is 6.00. The predicted octanol–water partition coefficient (Wildman–Crippen LogP) is 2.78. The van der Waals surface area contributed by atoms with Crippen LogP contribution in [0.2, 0.25) is 5.02 Å². The van der Waals surface area contributed by atoms with Gasteiger partial charge in [-0.15, -0.1) is 0 Å². The van der Waals surface area contributed by atoms with E-state index in [2.05, 4.69) is 10.3 Å². The lowest BCUT2D eigenvalue weighted by molar-refractivity contribution is 0.108. The average Bonchev–Trinajstić information content (AvgIpc) is 2.38. The lowest BCUT2D eigenvalue weighted by atomic mass is 10.0. The molecule has 1 aliphatic heterocycles. The van der Waals surface area contributed by atoms with Crippen LogP contribution in [0.25, 0.3) is 0 Å². The normalized spacial score (nSPS) is 20.4. The maximum Gasteiger partial charge on any atom is 0.0732 e. The van der Waals surface area contributed by atoms with Crippen molar-refractivity contribution in [1.82, 2.24) is 10.3 Å². The third kappa shape index (κ3) is 4.26. The van der Waals surface area contributed by atoms with E-state index in [1.54, 1.807) is 12.4 Å². The highest BCUT2D eigenvalue weighted by atomic mass is 35.5. The highest BCUT2D eigenvalue weighted by molar-refractivity contribution is 6.31. The van der Waals surface area contributed by atoms with Gasteiger partial charge in [-0.2, -0.15) is 0 Å². The Balaban J connectivity index is 1.64. The summed E-state index contributed by atoms with van der Waals surface area (Å²) >= 11 is 6.00. The summed E-state index contributed by atoms with van der Waals surface area (Å²) in [5.41, 5.74) is 1.01. The molecule has 0 aliphatic carbocycles. The smallest absolute Gasteiger partial charge is 0.0732 e. The second-order valence-electron chi connectivity index (χ2n) is 4.46. The number of ether oxygens (including phenoxy) is 1. The molecular weight excluding hydrogens is 236 g/mol. The molecule has 2 heterocycles. The van der Waals surface area contributed by atoms with Crippen molar-refractivity contribution in [3.63, 3.8) is 0 Å². The van der Waals surface area contributed by atoms with Gasteiger partial charge in [0, 0.05) is 25.0 Å². The molecular formula is C13H19ClN2O. The second-order valence-corrected chi connectivity index (χ2v) is 4.86. The van der Waals surface area contributed by atoms with Gasteiger partial charge in [-0.05, 0) is 37.4 Å². The molecule has 1 unspecified atom stereocenters. The highest BCUT2D eigenvalue weighted by Gasteiger charge is 2.11. The van der Waals surface area contributed by atoms with Crippen molar-refractivity contribution in [2.45, 2.75) is 38.3 Å². The Bertz CT molecular complexity index is 340. The SMILES string of the molecule is Clc1cnccc1COCCC1CCCCN1. The van der Waals surface area contributed by atoms with Crippen LogP contribution in [0.15, 0.2) is 18.5 Å². The van der Waals surface area contributed by atoms with Crippen molar-refractivity contribution in [3.05, 3.63) is 29.0 Å². The van der Waals surface area contributed by atoms with Gasteiger partial charge in [-0.25, -0.2) is 0 Å². The molecule has 0 amide bonds. The van der Waals surface area contributed by atoms with Gasteiger partial charge in [-0.1, -0.05) is 18.0 Å². The summed E-state index contributed by atoms with van der Waals surface area (Å²) < 4.78 is 5.65. The molecule has 0 saturated carbocycles. The first-order chi connectivity index (χ1) is 8.36. The fraction of sp³-hybridized carbons (Fsp3) is 0.615. The fourth-order valence-electron chi connectivity index (χ4n) is 2.10. The molecule has 1 atom stereocenters. The van der Waals surface area contributed by atoms with E-state index in [9.17, 15) is 0 Å². The van der Waals surface area contributed by atoms with Crippen molar-refractivity contribution >= 4 is 11.6 Å². The summed E-state index contributed by atoms with van der Waals surface area (Å²) in [5, 5.41) is 4.20. The number of piperidine rings is 1. The Hall–Kier alpha value is -0.640. The molecule has 94 valence electrons. The average molecular weight is 255 g/mol. The molecule has 4 heteroatoms. The maximum absolute atomic E-state index is 6.00. The molecule has 0 bridgehead atoms. The quantitative estimate of drug-likeness (QED) is 0.821. The van der Waals surface area contributed by atoms with Gasteiger partial charge in [0.15, 0.2) is 0 Å². The third-order valence-corrected chi connectivity index (χ3v) is 3.48. The molecule has 1 aliphatic rings. The third-order valence-electron chi connectivity index (χ3n) is 3.14. The second kappa shape index (κ2) is 6.94. The van der Waals surface area contributed by atoms with Crippen molar-refractivity contribution in [1.29, 1.82) is 0 Å². The van der Waals surface area contributed by atoms with E-state index < -0.39 is 0 Å². The number of hydrogen-bond donors (Lipinski definition) is 1. The number of nitrogens with one attached hydrogen (secondary N) is 1. The van der Waals surface area contributed by atoms with E-state index in [4.69, 9.17) is 16.3 Å². The number of nitrogens with zero attached hydrogens (tertiary/aromatic N) is 1. The van der Waals surface area contributed by atoms with Gasteiger partial charge < -0.3 is 10.1 Å². The molecule has 1 aromatic heterocycles. The van der Waals surface area contributed by atoms with Gasteiger partial charge >= 0.3 is 0 Å². The molecule has 3 nitrogen and oxygen atoms in total. The minimum Gasteiger partial charge on any atom is -0.377 e. The van der Waals surface area contributed by atoms with E-state index in [0.29, 0.717) is 17.7 Å². The van der Waals surface area contributed by atoms with Crippen molar-refractivity contribution in [2.75, 3.05) is 13.2 Å². The first-order valence-electron chi connectivity index (χ1n) is 6.26. The van der Waals surface area contributed by atoms with Crippen LogP contribution in [0, 0.1) is 0 Å². The fourth-order valence-corrected chi connectivity index (χ4v) is 2.27. The molecule has 1 saturated heterocycles.